The molecule has 2 nitrogen and oxygen atoms in total. The Labute approximate surface area is 67.4 Å². The maximum atomic E-state index is 10.8. The molecule has 0 spiro atoms. The monoisotopic (exact) mass is 149 g/mol. The number of terminal acetylenes is 2. The Morgan fingerprint density at radius 1 is 1.36 bits per heavy atom. The fourth-order valence-corrected chi connectivity index (χ4v) is 0.589. The van der Waals surface area contributed by atoms with Crippen molar-refractivity contribution in [3.63, 3.8) is 0 Å². The molecule has 11 heavy (non-hydrogen) atoms. The van der Waals surface area contributed by atoms with Gasteiger partial charge in [-0.1, -0.05) is 5.92 Å². The van der Waals surface area contributed by atoms with Crippen LogP contribution < -0.4 is 5.32 Å². The average Bonchev–Trinajstić information content (AvgIpc) is 2.01. The number of hydrogen-bond donors (Lipinski definition) is 1. The van der Waals surface area contributed by atoms with E-state index in [0.29, 0.717) is 19.4 Å². The zero-order valence-corrected chi connectivity index (χ0v) is 6.39. The Kier molecular flexibility index (Phi) is 5.85. The minimum absolute atomic E-state index is 0.0294. The van der Waals surface area contributed by atoms with Crippen LogP contribution in [0.5, 0.6) is 0 Å². The van der Waals surface area contributed by atoms with Crippen LogP contribution in [0.4, 0.5) is 0 Å². The molecule has 0 aromatic rings. The summed E-state index contributed by atoms with van der Waals surface area (Å²) in [4.78, 5) is 10.8. The lowest BCUT2D eigenvalue weighted by atomic mass is 10.2. The fraction of sp³-hybridized carbons (Fsp3) is 0.444. The van der Waals surface area contributed by atoms with Gasteiger partial charge in [-0.3, -0.25) is 4.79 Å². The quantitative estimate of drug-likeness (QED) is 0.458. The van der Waals surface area contributed by atoms with Crippen molar-refractivity contribution in [2.75, 3.05) is 6.54 Å². The van der Waals surface area contributed by atoms with E-state index in [2.05, 4.69) is 17.2 Å². The average molecular weight is 149 g/mol. The molecule has 0 heterocycles. The van der Waals surface area contributed by atoms with Crippen LogP contribution in [0.1, 0.15) is 19.3 Å². The normalized spacial score (nSPS) is 7.82. The van der Waals surface area contributed by atoms with Gasteiger partial charge in [-0.05, 0) is 6.42 Å². The Hall–Kier alpha value is -1.41. The maximum absolute atomic E-state index is 10.8. The lowest BCUT2D eigenvalue weighted by molar-refractivity contribution is -0.120. The molecule has 0 saturated carbocycles. The third kappa shape index (κ3) is 6.48. The first-order valence-corrected chi connectivity index (χ1v) is 3.45. The van der Waals surface area contributed by atoms with Crippen molar-refractivity contribution >= 4 is 5.91 Å². The van der Waals surface area contributed by atoms with Gasteiger partial charge in [-0.25, -0.2) is 0 Å². The van der Waals surface area contributed by atoms with Gasteiger partial charge < -0.3 is 5.32 Å². The first-order chi connectivity index (χ1) is 5.31. The van der Waals surface area contributed by atoms with Crippen molar-refractivity contribution in [1.29, 1.82) is 0 Å². The van der Waals surface area contributed by atoms with Crippen molar-refractivity contribution in [3.8, 4) is 24.7 Å². The minimum Gasteiger partial charge on any atom is -0.345 e. The van der Waals surface area contributed by atoms with Crippen LogP contribution >= 0.6 is 0 Å². The SMILES string of the molecule is C#CCCCC(=O)NCC#C. The summed E-state index contributed by atoms with van der Waals surface area (Å²) in [6.45, 7) is 0.300. The number of nitrogens with one attached hydrogen (secondary N) is 1. The summed E-state index contributed by atoms with van der Waals surface area (Å²) in [7, 11) is 0. The molecule has 1 amide bonds. The van der Waals surface area contributed by atoms with Crippen molar-refractivity contribution in [2.45, 2.75) is 19.3 Å². The number of amides is 1. The molecule has 0 atom stereocenters. The summed E-state index contributed by atoms with van der Waals surface area (Å²) in [6, 6.07) is 0. The standard InChI is InChI=1S/C9H11NO/c1-3-5-6-7-9(11)10-8-4-2/h1-2H,5-8H2,(H,10,11). The first kappa shape index (κ1) is 9.59. The molecule has 0 aliphatic carbocycles. The summed E-state index contributed by atoms with van der Waals surface area (Å²) in [5, 5.41) is 2.55. The Morgan fingerprint density at radius 2 is 2.09 bits per heavy atom. The lowest BCUT2D eigenvalue weighted by Crippen LogP contribution is -2.22. The van der Waals surface area contributed by atoms with Crippen molar-refractivity contribution in [3.05, 3.63) is 0 Å². The van der Waals surface area contributed by atoms with Gasteiger partial charge in [0.2, 0.25) is 5.91 Å². The van der Waals surface area contributed by atoms with Crippen molar-refractivity contribution in [2.24, 2.45) is 0 Å². The number of carbonyl (C=O) groups is 1. The van der Waals surface area contributed by atoms with Crippen LogP contribution in [0.25, 0.3) is 0 Å². The Morgan fingerprint density at radius 3 is 2.64 bits per heavy atom. The molecule has 0 aromatic heterocycles. The van der Waals surface area contributed by atoms with Crippen LogP contribution in [0, 0.1) is 24.7 Å². The van der Waals surface area contributed by atoms with Gasteiger partial charge in [0.1, 0.15) is 0 Å². The zero-order valence-electron chi connectivity index (χ0n) is 6.39. The Bertz CT molecular complexity index is 195. The van der Waals surface area contributed by atoms with Gasteiger partial charge in [0.15, 0.2) is 0 Å². The predicted octanol–water partition coefficient (Wildman–Crippen LogP) is 0.539. The fourth-order valence-electron chi connectivity index (χ4n) is 0.589. The summed E-state index contributed by atoms with van der Waals surface area (Å²) in [5.74, 6) is 4.75. The van der Waals surface area contributed by atoms with E-state index in [0.717, 1.165) is 6.42 Å². The minimum atomic E-state index is -0.0294. The molecule has 0 aliphatic heterocycles. The summed E-state index contributed by atoms with van der Waals surface area (Å²) in [6.07, 6.45) is 11.8. The number of rotatable bonds is 4. The van der Waals surface area contributed by atoms with Gasteiger partial charge in [0.25, 0.3) is 0 Å². The second-order valence-electron chi connectivity index (χ2n) is 2.04. The summed E-state index contributed by atoms with van der Waals surface area (Å²) in [5.41, 5.74) is 0. The van der Waals surface area contributed by atoms with E-state index in [-0.39, 0.29) is 5.91 Å². The highest BCUT2D eigenvalue weighted by molar-refractivity contribution is 5.76. The lowest BCUT2D eigenvalue weighted by Gasteiger charge is -1.97. The molecular weight excluding hydrogens is 138 g/mol. The van der Waals surface area contributed by atoms with Crippen LogP contribution in [-0.4, -0.2) is 12.5 Å². The molecule has 0 fully saturated rings. The highest BCUT2D eigenvalue weighted by atomic mass is 16.1. The number of unbranched alkanes of at least 4 members (excludes halogenated alkanes) is 1. The van der Waals surface area contributed by atoms with E-state index in [9.17, 15) is 4.79 Å². The highest BCUT2D eigenvalue weighted by Gasteiger charge is 1.96. The molecule has 1 N–H and O–H groups in total. The van der Waals surface area contributed by atoms with Crippen LogP contribution in [0.3, 0.4) is 0 Å². The molecule has 0 saturated heterocycles. The summed E-state index contributed by atoms with van der Waals surface area (Å²) < 4.78 is 0. The van der Waals surface area contributed by atoms with E-state index in [1.54, 1.807) is 0 Å². The van der Waals surface area contributed by atoms with Crippen molar-refractivity contribution in [1.82, 2.24) is 5.32 Å². The summed E-state index contributed by atoms with van der Waals surface area (Å²) >= 11 is 0. The third-order valence-electron chi connectivity index (χ3n) is 1.11. The predicted molar refractivity (Wildman–Crippen MR) is 44.5 cm³/mol. The molecule has 0 rings (SSSR count). The van der Waals surface area contributed by atoms with E-state index >= 15 is 0 Å². The van der Waals surface area contributed by atoms with Crippen LogP contribution in [-0.2, 0) is 4.79 Å². The van der Waals surface area contributed by atoms with E-state index in [1.807, 2.05) is 0 Å². The van der Waals surface area contributed by atoms with Gasteiger partial charge >= 0.3 is 0 Å². The molecule has 0 radical (unpaired) electrons. The second kappa shape index (κ2) is 6.71. The van der Waals surface area contributed by atoms with Crippen LogP contribution in [0.2, 0.25) is 0 Å². The van der Waals surface area contributed by atoms with Gasteiger partial charge in [0.05, 0.1) is 6.54 Å². The molecule has 2 heteroatoms. The largest absolute Gasteiger partial charge is 0.345 e. The first-order valence-electron chi connectivity index (χ1n) is 3.45. The molecule has 58 valence electrons. The molecule has 0 aliphatic rings. The van der Waals surface area contributed by atoms with Gasteiger partial charge in [-0.2, -0.15) is 0 Å². The van der Waals surface area contributed by atoms with E-state index < -0.39 is 0 Å². The molecule has 0 bridgehead atoms. The van der Waals surface area contributed by atoms with Gasteiger partial charge in [-0.15, -0.1) is 18.8 Å². The molecule has 0 aromatic carbocycles. The Balaban J connectivity index is 3.26. The zero-order chi connectivity index (χ0) is 8.53. The second-order valence-corrected chi connectivity index (χ2v) is 2.04. The molecule has 0 unspecified atom stereocenters. The topological polar surface area (TPSA) is 29.1 Å². The number of carbonyl (C=O) groups excluding carboxylic acids is 1. The highest BCUT2D eigenvalue weighted by Crippen LogP contribution is 1.92. The molecular formula is C9H11NO. The van der Waals surface area contributed by atoms with E-state index in [4.69, 9.17) is 12.8 Å². The van der Waals surface area contributed by atoms with E-state index in [1.165, 1.54) is 0 Å². The van der Waals surface area contributed by atoms with Crippen molar-refractivity contribution < 1.29 is 4.79 Å². The number of hydrogen-bond acceptors (Lipinski definition) is 1. The van der Waals surface area contributed by atoms with Crippen LogP contribution in [0.15, 0.2) is 0 Å². The third-order valence-corrected chi connectivity index (χ3v) is 1.11. The van der Waals surface area contributed by atoms with Gasteiger partial charge in [0, 0.05) is 12.8 Å². The smallest absolute Gasteiger partial charge is 0.220 e. The maximum Gasteiger partial charge on any atom is 0.220 e.